The van der Waals surface area contributed by atoms with Crippen molar-refractivity contribution in [3.05, 3.63) is 52.8 Å². The van der Waals surface area contributed by atoms with E-state index in [2.05, 4.69) is 55.5 Å². The Kier molecular flexibility index (Phi) is 4.96. The van der Waals surface area contributed by atoms with Gasteiger partial charge in [0.2, 0.25) is 0 Å². The van der Waals surface area contributed by atoms with Crippen molar-refractivity contribution in [3.63, 3.8) is 0 Å². The minimum absolute atomic E-state index is 0.715. The van der Waals surface area contributed by atoms with Crippen LogP contribution in [0.1, 0.15) is 36.2 Å². The Hall–Kier alpha value is -1.61. The van der Waals surface area contributed by atoms with Crippen LogP contribution < -0.4 is 5.32 Å². The first-order chi connectivity index (χ1) is 9.56. The highest BCUT2D eigenvalue weighted by molar-refractivity contribution is 5.23. The lowest BCUT2D eigenvalue weighted by molar-refractivity contribution is 0.646. The van der Waals surface area contributed by atoms with Gasteiger partial charge in [0.1, 0.15) is 0 Å². The van der Waals surface area contributed by atoms with Crippen molar-refractivity contribution in [2.45, 2.75) is 40.3 Å². The third-order valence-electron chi connectivity index (χ3n) is 3.65. The minimum atomic E-state index is 0.715. The SMILES string of the molecule is Cc1c(CNCc2ccc(CC(C)C)cc2)cnn1C. The molecule has 0 aliphatic carbocycles. The lowest BCUT2D eigenvalue weighted by Crippen LogP contribution is -2.13. The largest absolute Gasteiger partial charge is 0.308 e. The molecule has 0 radical (unpaired) electrons. The average Bonchev–Trinajstić information content (AvgIpc) is 2.72. The Morgan fingerprint density at radius 2 is 1.75 bits per heavy atom. The molecule has 0 saturated carbocycles. The average molecular weight is 271 g/mol. The van der Waals surface area contributed by atoms with Gasteiger partial charge in [-0.25, -0.2) is 0 Å². The smallest absolute Gasteiger partial charge is 0.0537 e. The van der Waals surface area contributed by atoms with Crippen molar-refractivity contribution in [2.75, 3.05) is 0 Å². The summed E-state index contributed by atoms with van der Waals surface area (Å²) in [4.78, 5) is 0. The van der Waals surface area contributed by atoms with E-state index < -0.39 is 0 Å². The first kappa shape index (κ1) is 14.8. The molecule has 1 aromatic carbocycles. The number of nitrogens with one attached hydrogen (secondary N) is 1. The zero-order chi connectivity index (χ0) is 14.5. The number of aryl methyl sites for hydroxylation is 1. The monoisotopic (exact) mass is 271 g/mol. The Morgan fingerprint density at radius 1 is 1.10 bits per heavy atom. The van der Waals surface area contributed by atoms with E-state index in [1.807, 2.05) is 17.9 Å². The highest BCUT2D eigenvalue weighted by Crippen LogP contribution is 2.10. The van der Waals surface area contributed by atoms with Crippen molar-refractivity contribution in [3.8, 4) is 0 Å². The van der Waals surface area contributed by atoms with Crippen molar-refractivity contribution in [1.82, 2.24) is 15.1 Å². The van der Waals surface area contributed by atoms with E-state index in [0.717, 1.165) is 19.5 Å². The third-order valence-corrected chi connectivity index (χ3v) is 3.65. The predicted molar refractivity (Wildman–Crippen MR) is 83.5 cm³/mol. The fourth-order valence-electron chi connectivity index (χ4n) is 2.32. The molecule has 2 rings (SSSR count). The van der Waals surface area contributed by atoms with Gasteiger partial charge in [0.15, 0.2) is 0 Å². The lowest BCUT2D eigenvalue weighted by atomic mass is 10.0. The first-order valence-corrected chi connectivity index (χ1v) is 7.32. The zero-order valence-electron chi connectivity index (χ0n) is 13.0. The van der Waals surface area contributed by atoms with Crippen LogP contribution in [0.3, 0.4) is 0 Å². The molecule has 108 valence electrons. The molecule has 3 nitrogen and oxygen atoms in total. The van der Waals surface area contributed by atoms with E-state index in [9.17, 15) is 0 Å². The summed E-state index contributed by atoms with van der Waals surface area (Å²) in [5.41, 5.74) is 5.25. The number of nitrogens with zero attached hydrogens (tertiary/aromatic N) is 2. The summed E-state index contributed by atoms with van der Waals surface area (Å²) >= 11 is 0. The summed E-state index contributed by atoms with van der Waals surface area (Å²) in [5, 5.41) is 7.74. The number of rotatable bonds is 6. The third kappa shape index (κ3) is 3.94. The second-order valence-electron chi connectivity index (χ2n) is 5.90. The topological polar surface area (TPSA) is 29.9 Å². The number of hydrogen-bond donors (Lipinski definition) is 1. The molecule has 3 heteroatoms. The molecule has 0 atom stereocenters. The molecule has 1 aromatic heterocycles. The summed E-state index contributed by atoms with van der Waals surface area (Å²) in [6.07, 6.45) is 3.09. The molecule has 0 bridgehead atoms. The predicted octanol–water partition coefficient (Wildman–Crippen LogP) is 3.22. The van der Waals surface area contributed by atoms with Crippen LogP contribution in [0, 0.1) is 12.8 Å². The first-order valence-electron chi connectivity index (χ1n) is 7.32. The Labute approximate surface area is 122 Å². The van der Waals surface area contributed by atoms with E-state index in [0.29, 0.717) is 5.92 Å². The van der Waals surface area contributed by atoms with Gasteiger partial charge in [-0.1, -0.05) is 38.1 Å². The van der Waals surface area contributed by atoms with Gasteiger partial charge in [0.05, 0.1) is 6.20 Å². The van der Waals surface area contributed by atoms with Crippen LogP contribution in [-0.2, 0) is 26.6 Å². The molecule has 0 unspecified atom stereocenters. The van der Waals surface area contributed by atoms with Crippen molar-refractivity contribution in [1.29, 1.82) is 0 Å². The van der Waals surface area contributed by atoms with E-state index in [1.165, 1.54) is 22.4 Å². The highest BCUT2D eigenvalue weighted by atomic mass is 15.3. The second kappa shape index (κ2) is 6.71. The molecule has 0 saturated heterocycles. The maximum Gasteiger partial charge on any atom is 0.0537 e. The fraction of sp³-hybridized carbons (Fsp3) is 0.471. The van der Waals surface area contributed by atoms with Gasteiger partial charge >= 0.3 is 0 Å². The summed E-state index contributed by atoms with van der Waals surface area (Å²) in [6.45, 7) is 8.38. The van der Waals surface area contributed by atoms with Crippen molar-refractivity contribution >= 4 is 0 Å². The van der Waals surface area contributed by atoms with Gasteiger partial charge in [0, 0.05) is 31.4 Å². The molecule has 0 fully saturated rings. The van der Waals surface area contributed by atoms with Gasteiger partial charge in [-0.3, -0.25) is 4.68 Å². The summed E-state index contributed by atoms with van der Waals surface area (Å²) < 4.78 is 1.91. The molecular formula is C17H25N3. The van der Waals surface area contributed by atoms with Crippen LogP contribution in [0.2, 0.25) is 0 Å². The molecule has 0 aliphatic rings. The number of hydrogen-bond acceptors (Lipinski definition) is 2. The van der Waals surface area contributed by atoms with Gasteiger partial charge in [0.25, 0.3) is 0 Å². The lowest BCUT2D eigenvalue weighted by Gasteiger charge is -2.08. The molecule has 2 aromatic rings. The molecule has 0 amide bonds. The molecule has 0 aliphatic heterocycles. The maximum atomic E-state index is 4.26. The Balaban J connectivity index is 1.83. The van der Waals surface area contributed by atoms with E-state index in [1.54, 1.807) is 0 Å². The van der Waals surface area contributed by atoms with Crippen LogP contribution in [-0.4, -0.2) is 9.78 Å². The highest BCUT2D eigenvalue weighted by Gasteiger charge is 2.03. The summed E-state index contributed by atoms with van der Waals surface area (Å²) in [7, 11) is 1.98. The van der Waals surface area contributed by atoms with E-state index in [-0.39, 0.29) is 0 Å². The van der Waals surface area contributed by atoms with Gasteiger partial charge in [-0.15, -0.1) is 0 Å². The maximum absolute atomic E-state index is 4.26. The molecule has 20 heavy (non-hydrogen) atoms. The van der Waals surface area contributed by atoms with Gasteiger partial charge < -0.3 is 5.32 Å². The molecule has 0 spiro atoms. The molecule has 1 heterocycles. The molecule has 1 N–H and O–H groups in total. The Bertz CT molecular complexity index is 538. The van der Waals surface area contributed by atoms with Gasteiger partial charge in [-0.05, 0) is 30.4 Å². The zero-order valence-corrected chi connectivity index (χ0v) is 13.0. The standard InChI is InChI=1S/C17H25N3/c1-13(2)9-15-5-7-16(8-6-15)10-18-11-17-12-19-20(4)14(17)3/h5-8,12-13,18H,9-11H2,1-4H3. The van der Waals surface area contributed by atoms with Crippen LogP contribution in [0.25, 0.3) is 0 Å². The van der Waals surface area contributed by atoms with Crippen LogP contribution in [0.4, 0.5) is 0 Å². The van der Waals surface area contributed by atoms with Crippen LogP contribution >= 0.6 is 0 Å². The molecular weight excluding hydrogens is 246 g/mol. The summed E-state index contributed by atoms with van der Waals surface area (Å²) in [6, 6.07) is 8.93. The minimum Gasteiger partial charge on any atom is -0.308 e. The quantitative estimate of drug-likeness (QED) is 0.874. The Morgan fingerprint density at radius 3 is 2.30 bits per heavy atom. The van der Waals surface area contributed by atoms with Crippen molar-refractivity contribution in [2.24, 2.45) is 13.0 Å². The van der Waals surface area contributed by atoms with Crippen molar-refractivity contribution < 1.29 is 0 Å². The van der Waals surface area contributed by atoms with Gasteiger partial charge in [-0.2, -0.15) is 5.10 Å². The second-order valence-corrected chi connectivity index (χ2v) is 5.90. The normalized spacial score (nSPS) is 11.2. The van der Waals surface area contributed by atoms with Crippen LogP contribution in [0.5, 0.6) is 0 Å². The fourth-order valence-corrected chi connectivity index (χ4v) is 2.32. The van der Waals surface area contributed by atoms with E-state index in [4.69, 9.17) is 0 Å². The summed E-state index contributed by atoms with van der Waals surface area (Å²) in [5.74, 6) is 0.715. The number of aromatic nitrogens is 2. The van der Waals surface area contributed by atoms with Crippen LogP contribution in [0.15, 0.2) is 30.5 Å². The number of benzene rings is 1. The van der Waals surface area contributed by atoms with E-state index >= 15 is 0 Å².